The van der Waals surface area contributed by atoms with Gasteiger partial charge in [-0.25, -0.2) is 4.99 Å². The van der Waals surface area contributed by atoms with Gasteiger partial charge in [0.05, 0.1) is 5.36 Å². The predicted octanol–water partition coefficient (Wildman–Crippen LogP) is 1.85. The first-order valence-electron chi connectivity index (χ1n) is 5.14. The third-order valence-electron chi connectivity index (χ3n) is 2.67. The number of rotatable bonds is 1. The number of fused-ring (bicyclic) bond motifs is 1. The molecule has 76 valence electrons. The zero-order chi connectivity index (χ0) is 11.0. The molecule has 0 saturated heterocycles. The van der Waals surface area contributed by atoms with Crippen LogP contribution in [-0.2, 0) is 0 Å². The van der Waals surface area contributed by atoms with Crippen LogP contribution in [0.1, 0.15) is 5.56 Å². The molecule has 0 saturated carbocycles. The van der Waals surface area contributed by atoms with Crippen molar-refractivity contribution in [1.82, 2.24) is 0 Å². The Bertz CT molecular complexity index is 671. The van der Waals surface area contributed by atoms with Gasteiger partial charge in [-0.05, 0) is 11.6 Å². The number of hydrogen-bond donors (Lipinski definition) is 0. The van der Waals surface area contributed by atoms with Crippen LogP contribution < -0.4 is 10.6 Å². The lowest BCUT2D eigenvalue weighted by Crippen LogP contribution is -2.22. The minimum atomic E-state index is 0.687. The van der Waals surface area contributed by atoms with Crippen molar-refractivity contribution in [3.8, 4) is 0 Å². The van der Waals surface area contributed by atoms with Crippen molar-refractivity contribution in [2.24, 2.45) is 4.99 Å². The number of benzene rings is 2. The Morgan fingerprint density at radius 1 is 0.812 bits per heavy atom. The third-order valence-corrected chi connectivity index (χ3v) is 2.97. The first kappa shape index (κ1) is 9.43. The fourth-order valence-corrected chi connectivity index (χ4v) is 2.27. The molecule has 1 heterocycles. The van der Waals surface area contributed by atoms with Crippen molar-refractivity contribution >= 4 is 22.8 Å². The zero-order valence-corrected chi connectivity index (χ0v) is 9.37. The summed E-state index contributed by atoms with van der Waals surface area (Å²) in [6, 6.07) is 18.3. The molecule has 16 heavy (non-hydrogen) atoms. The van der Waals surface area contributed by atoms with E-state index in [4.69, 9.17) is 12.2 Å². The van der Waals surface area contributed by atoms with Crippen LogP contribution >= 0.6 is 12.2 Å². The minimum Gasteiger partial charge on any atom is -0.236 e. The second-order valence-electron chi connectivity index (χ2n) is 3.68. The quantitative estimate of drug-likeness (QED) is 0.672. The highest BCUT2D eigenvalue weighted by Gasteiger charge is 2.13. The molecule has 0 aromatic heterocycles. The molecule has 0 amide bonds. The maximum atomic E-state index is 5.32. The van der Waals surface area contributed by atoms with E-state index in [2.05, 4.69) is 23.2 Å². The normalized spacial score (nSPS) is 13.5. The van der Waals surface area contributed by atoms with E-state index in [-0.39, 0.29) is 0 Å². The first-order valence-corrected chi connectivity index (χ1v) is 5.55. The van der Waals surface area contributed by atoms with Crippen molar-refractivity contribution in [2.45, 2.75) is 0 Å². The molecule has 0 atom stereocenters. The Morgan fingerprint density at radius 2 is 1.50 bits per heavy atom. The Kier molecular flexibility index (Phi) is 2.15. The molecule has 0 unspecified atom stereocenters. The molecular formula is C14H9NS. The fraction of sp³-hybridized carbons (Fsp3) is 0. The lowest BCUT2D eigenvalue weighted by molar-refractivity contribution is 1.40. The van der Waals surface area contributed by atoms with E-state index in [1.807, 2.05) is 36.4 Å². The highest BCUT2D eigenvalue weighted by Crippen LogP contribution is 2.14. The van der Waals surface area contributed by atoms with Gasteiger partial charge in [0.1, 0.15) is 4.99 Å². The van der Waals surface area contributed by atoms with Gasteiger partial charge in [-0.15, -0.1) is 0 Å². The number of thiocarbonyl (C=S) groups is 1. The summed E-state index contributed by atoms with van der Waals surface area (Å²) >= 11 is 5.32. The predicted molar refractivity (Wildman–Crippen MR) is 68.8 cm³/mol. The SMILES string of the molecule is S=C1N=c2ccccc2=C1c1ccccc1. The van der Waals surface area contributed by atoms with Crippen LogP contribution in [-0.4, -0.2) is 4.99 Å². The van der Waals surface area contributed by atoms with Gasteiger partial charge in [-0.2, -0.15) is 0 Å². The molecule has 0 N–H and O–H groups in total. The molecule has 0 spiro atoms. The number of nitrogens with zero attached hydrogens (tertiary/aromatic N) is 1. The maximum absolute atomic E-state index is 5.32. The Morgan fingerprint density at radius 3 is 2.31 bits per heavy atom. The Balaban J connectivity index is 2.39. The smallest absolute Gasteiger partial charge is 0.135 e. The molecule has 2 heteroatoms. The molecule has 2 aromatic rings. The fourth-order valence-electron chi connectivity index (χ4n) is 1.95. The van der Waals surface area contributed by atoms with Crippen LogP contribution in [0, 0.1) is 0 Å². The van der Waals surface area contributed by atoms with Crippen LogP contribution in [0.25, 0.3) is 5.57 Å². The second-order valence-corrected chi connectivity index (χ2v) is 4.06. The van der Waals surface area contributed by atoms with E-state index >= 15 is 0 Å². The monoisotopic (exact) mass is 223 g/mol. The summed E-state index contributed by atoms with van der Waals surface area (Å²) in [5, 5.41) is 2.12. The lowest BCUT2D eigenvalue weighted by Gasteiger charge is -2.00. The van der Waals surface area contributed by atoms with E-state index in [9.17, 15) is 0 Å². The molecule has 2 aromatic carbocycles. The Hall–Kier alpha value is -1.80. The summed E-state index contributed by atoms with van der Waals surface area (Å²) in [4.78, 5) is 5.09. The van der Waals surface area contributed by atoms with Crippen molar-refractivity contribution in [3.05, 3.63) is 70.7 Å². The average Bonchev–Trinajstić information content (AvgIpc) is 2.66. The van der Waals surface area contributed by atoms with Crippen molar-refractivity contribution < 1.29 is 0 Å². The molecule has 0 radical (unpaired) electrons. The highest BCUT2D eigenvalue weighted by molar-refractivity contribution is 7.81. The molecule has 1 aliphatic rings. The molecular weight excluding hydrogens is 214 g/mol. The van der Waals surface area contributed by atoms with E-state index in [0.717, 1.165) is 21.7 Å². The summed E-state index contributed by atoms with van der Waals surface area (Å²) < 4.78 is 0. The van der Waals surface area contributed by atoms with Gasteiger partial charge in [0.25, 0.3) is 0 Å². The molecule has 1 aliphatic heterocycles. The minimum absolute atomic E-state index is 0.687. The van der Waals surface area contributed by atoms with Crippen LogP contribution in [0.4, 0.5) is 0 Å². The van der Waals surface area contributed by atoms with E-state index in [1.165, 1.54) is 0 Å². The standard InChI is InChI=1S/C14H9NS/c16-14-13(10-6-2-1-3-7-10)11-8-4-5-9-12(11)15-14/h1-9H. The van der Waals surface area contributed by atoms with Crippen molar-refractivity contribution in [3.63, 3.8) is 0 Å². The van der Waals surface area contributed by atoms with Gasteiger partial charge in [0.15, 0.2) is 0 Å². The Labute approximate surface area is 98.8 Å². The van der Waals surface area contributed by atoms with Gasteiger partial charge in [0.2, 0.25) is 0 Å². The van der Waals surface area contributed by atoms with Crippen molar-refractivity contribution in [1.29, 1.82) is 0 Å². The second kappa shape index (κ2) is 3.65. The van der Waals surface area contributed by atoms with Gasteiger partial charge >= 0.3 is 0 Å². The van der Waals surface area contributed by atoms with E-state index in [0.29, 0.717) is 4.99 Å². The van der Waals surface area contributed by atoms with Crippen LogP contribution in [0.5, 0.6) is 0 Å². The summed E-state index contributed by atoms with van der Waals surface area (Å²) in [6.07, 6.45) is 0. The maximum Gasteiger partial charge on any atom is 0.135 e. The van der Waals surface area contributed by atoms with Crippen LogP contribution in [0.3, 0.4) is 0 Å². The molecule has 0 fully saturated rings. The van der Waals surface area contributed by atoms with Gasteiger partial charge in [-0.1, -0.05) is 60.7 Å². The molecule has 0 bridgehead atoms. The van der Waals surface area contributed by atoms with Gasteiger partial charge < -0.3 is 0 Å². The van der Waals surface area contributed by atoms with E-state index < -0.39 is 0 Å². The molecule has 3 rings (SSSR count). The van der Waals surface area contributed by atoms with E-state index in [1.54, 1.807) is 0 Å². The molecule has 1 nitrogen and oxygen atoms in total. The number of hydrogen-bond acceptors (Lipinski definition) is 1. The largest absolute Gasteiger partial charge is 0.236 e. The lowest BCUT2D eigenvalue weighted by atomic mass is 10.0. The summed E-state index contributed by atoms with van der Waals surface area (Å²) in [6.45, 7) is 0. The summed E-state index contributed by atoms with van der Waals surface area (Å²) in [7, 11) is 0. The third kappa shape index (κ3) is 1.39. The zero-order valence-electron chi connectivity index (χ0n) is 8.55. The first-order chi connectivity index (χ1) is 7.86. The topological polar surface area (TPSA) is 12.4 Å². The highest BCUT2D eigenvalue weighted by atomic mass is 32.1. The number of para-hydroxylation sites is 1. The van der Waals surface area contributed by atoms with Crippen LogP contribution in [0.2, 0.25) is 0 Å². The average molecular weight is 223 g/mol. The summed E-state index contributed by atoms with van der Waals surface area (Å²) in [5.41, 5.74) is 2.22. The molecule has 0 aliphatic carbocycles. The van der Waals surface area contributed by atoms with Gasteiger partial charge in [-0.3, -0.25) is 0 Å². The van der Waals surface area contributed by atoms with Crippen molar-refractivity contribution in [2.75, 3.05) is 0 Å². The van der Waals surface area contributed by atoms with Gasteiger partial charge in [0, 0.05) is 10.8 Å². The van der Waals surface area contributed by atoms with Crippen LogP contribution in [0.15, 0.2) is 59.6 Å². The summed E-state index contributed by atoms with van der Waals surface area (Å²) in [5.74, 6) is 0.